The van der Waals surface area contributed by atoms with E-state index in [4.69, 9.17) is 4.74 Å². The number of benzene rings is 2. The molecule has 134 valence electrons. The number of carbonyl (C=O) groups excluding carboxylic acids is 1. The fourth-order valence-corrected chi connectivity index (χ4v) is 2.61. The SMILES string of the molecule is Cc1ncn(CCNC(=O)COc2ccc3ccccc3c2)c(=O)c1C. The number of rotatable bonds is 6. The molecular formula is C20H21N3O3. The van der Waals surface area contributed by atoms with Crippen molar-refractivity contribution in [3.8, 4) is 5.75 Å². The summed E-state index contributed by atoms with van der Waals surface area (Å²) >= 11 is 0. The monoisotopic (exact) mass is 351 g/mol. The molecule has 0 saturated carbocycles. The number of nitrogens with one attached hydrogen (secondary N) is 1. The van der Waals surface area contributed by atoms with E-state index < -0.39 is 0 Å². The molecule has 0 aliphatic heterocycles. The molecule has 26 heavy (non-hydrogen) atoms. The molecule has 0 fully saturated rings. The van der Waals surface area contributed by atoms with Crippen molar-refractivity contribution in [3.63, 3.8) is 0 Å². The Morgan fingerprint density at radius 1 is 1.15 bits per heavy atom. The van der Waals surface area contributed by atoms with Crippen LogP contribution in [0.2, 0.25) is 0 Å². The molecular weight excluding hydrogens is 330 g/mol. The van der Waals surface area contributed by atoms with Crippen LogP contribution in [-0.4, -0.2) is 28.6 Å². The highest BCUT2D eigenvalue weighted by Crippen LogP contribution is 2.20. The number of ether oxygens (including phenoxy) is 1. The summed E-state index contributed by atoms with van der Waals surface area (Å²) in [5.74, 6) is 0.413. The van der Waals surface area contributed by atoms with Gasteiger partial charge < -0.3 is 10.1 Å². The Morgan fingerprint density at radius 3 is 2.73 bits per heavy atom. The molecule has 0 bridgehead atoms. The molecule has 0 spiro atoms. The van der Waals surface area contributed by atoms with Gasteiger partial charge in [0.2, 0.25) is 0 Å². The van der Waals surface area contributed by atoms with Crippen LogP contribution in [0.1, 0.15) is 11.3 Å². The Balaban J connectivity index is 1.49. The Morgan fingerprint density at radius 2 is 1.92 bits per heavy atom. The summed E-state index contributed by atoms with van der Waals surface area (Å²) in [7, 11) is 0. The molecule has 0 aliphatic carbocycles. The Labute approximate surface area is 151 Å². The number of amides is 1. The smallest absolute Gasteiger partial charge is 0.258 e. The van der Waals surface area contributed by atoms with Crippen molar-refractivity contribution in [2.45, 2.75) is 20.4 Å². The van der Waals surface area contributed by atoms with E-state index in [1.807, 2.05) is 42.5 Å². The van der Waals surface area contributed by atoms with Gasteiger partial charge in [-0.3, -0.25) is 14.2 Å². The van der Waals surface area contributed by atoms with Crippen molar-refractivity contribution in [1.82, 2.24) is 14.9 Å². The van der Waals surface area contributed by atoms with Crippen LogP contribution in [0.5, 0.6) is 5.75 Å². The quantitative estimate of drug-likeness (QED) is 0.739. The first-order chi connectivity index (χ1) is 12.5. The lowest BCUT2D eigenvalue weighted by molar-refractivity contribution is -0.123. The van der Waals surface area contributed by atoms with Gasteiger partial charge in [0.25, 0.3) is 11.5 Å². The molecule has 0 saturated heterocycles. The third kappa shape index (κ3) is 4.08. The van der Waals surface area contributed by atoms with Gasteiger partial charge in [0.15, 0.2) is 6.61 Å². The van der Waals surface area contributed by atoms with Crippen LogP contribution < -0.4 is 15.6 Å². The summed E-state index contributed by atoms with van der Waals surface area (Å²) in [5, 5.41) is 4.93. The van der Waals surface area contributed by atoms with E-state index in [1.165, 1.54) is 10.9 Å². The van der Waals surface area contributed by atoms with Crippen LogP contribution in [0.3, 0.4) is 0 Å². The normalized spacial score (nSPS) is 10.7. The maximum Gasteiger partial charge on any atom is 0.258 e. The summed E-state index contributed by atoms with van der Waals surface area (Å²) in [4.78, 5) is 28.2. The predicted octanol–water partition coefficient (Wildman–Crippen LogP) is 2.21. The number of hydrogen-bond donors (Lipinski definition) is 1. The van der Waals surface area contributed by atoms with Gasteiger partial charge in [0.1, 0.15) is 5.75 Å². The first-order valence-corrected chi connectivity index (χ1v) is 8.45. The summed E-state index contributed by atoms with van der Waals surface area (Å²) in [6, 6.07) is 13.7. The second-order valence-corrected chi connectivity index (χ2v) is 6.10. The average molecular weight is 351 g/mol. The van der Waals surface area contributed by atoms with Gasteiger partial charge >= 0.3 is 0 Å². The fraction of sp³-hybridized carbons (Fsp3) is 0.250. The summed E-state index contributed by atoms with van der Waals surface area (Å²) in [6.45, 7) is 4.18. The maximum atomic E-state index is 12.1. The summed E-state index contributed by atoms with van der Waals surface area (Å²) < 4.78 is 7.04. The zero-order valence-corrected chi connectivity index (χ0v) is 14.9. The van der Waals surface area contributed by atoms with Gasteiger partial charge in [-0.05, 0) is 36.8 Å². The molecule has 0 atom stereocenters. The minimum Gasteiger partial charge on any atom is -0.484 e. The van der Waals surface area contributed by atoms with Crippen LogP contribution in [0.4, 0.5) is 0 Å². The minimum absolute atomic E-state index is 0.0710. The standard InChI is InChI=1S/C20H21N3O3/c1-14-15(2)22-13-23(20(14)25)10-9-21-19(24)12-26-18-8-7-16-5-3-4-6-17(16)11-18/h3-8,11,13H,9-10,12H2,1-2H3,(H,21,24). The Hall–Kier alpha value is -3.15. The largest absolute Gasteiger partial charge is 0.484 e. The third-order valence-electron chi connectivity index (χ3n) is 4.28. The van der Waals surface area contributed by atoms with E-state index >= 15 is 0 Å². The van der Waals surface area contributed by atoms with Gasteiger partial charge in [-0.15, -0.1) is 0 Å². The molecule has 6 heteroatoms. The summed E-state index contributed by atoms with van der Waals surface area (Å²) in [5.41, 5.74) is 1.26. The lowest BCUT2D eigenvalue weighted by Gasteiger charge is -2.10. The van der Waals surface area contributed by atoms with E-state index in [9.17, 15) is 9.59 Å². The molecule has 0 unspecified atom stereocenters. The first-order valence-electron chi connectivity index (χ1n) is 8.45. The van der Waals surface area contributed by atoms with Crippen molar-refractivity contribution in [1.29, 1.82) is 0 Å². The Kier molecular flexibility index (Phi) is 5.31. The third-order valence-corrected chi connectivity index (χ3v) is 4.28. The minimum atomic E-state index is -0.233. The molecule has 0 aliphatic rings. The maximum absolute atomic E-state index is 12.1. The van der Waals surface area contributed by atoms with Crippen molar-refractivity contribution in [3.05, 3.63) is 70.4 Å². The molecule has 0 radical (unpaired) electrons. The van der Waals surface area contributed by atoms with Crippen molar-refractivity contribution in [2.24, 2.45) is 0 Å². The second-order valence-electron chi connectivity index (χ2n) is 6.10. The zero-order chi connectivity index (χ0) is 18.5. The van der Waals surface area contributed by atoms with Crippen LogP contribution in [0, 0.1) is 13.8 Å². The van der Waals surface area contributed by atoms with Gasteiger partial charge in [0, 0.05) is 24.3 Å². The van der Waals surface area contributed by atoms with E-state index in [2.05, 4.69) is 10.3 Å². The molecule has 1 aromatic heterocycles. The van der Waals surface area contributed by atoms with Crippen LogP contribution in [-0.2, 0) is 11.3 Å². The number of fused-ring (bicyclic) bond motifs is 1. The fourth-order valence-electron chi connectivity index (χ4n) is 2.61. The van der Waals surface area contributed by atoms with Gasteiger partial charge in [0.05, 0.1) is 6.33 Å². The highest BCUT2D eigenvalue weighted by Gasteiger charge is 2.06. The lowest BCUT2D eigenvalue weighted by atomic mass is 10.1. The number of aromatic nitrogens is 2. The molecule has 1 amide bonds. The molecule has 3 aromatic rings. The highest BCUT2D eigenvalue weighted by atomic mass is 16.5. The van der Waals surface area contributed by atoms with Gasteiger partial charge in [-0.1, -0.05) is 30.3 Å². The molecule has 1 heterocycles. The molecule has 2 aromatic carbocycles. The second kappa shape index (κ2) is 7.82. The Bertz CT molecular complexity index is 995. The zero-order valence-electron chi connectivity index (χ0n) is 14.9. The number of aryl methyl sites for hydroxylation is 1. The molecule has 1 N–H and O–H groups in total. The number of carbonyl (C=O) groups is 1. The highest BCUT2D eigenvalue weighted by molar-refractivity contribution is 5.84. The lowest BCUT2D eigenvalue weighted by Crippen LogP contribution is -2.34. The van der Waals surface area contributed by atoms with Crippen molar-refractivity contribution < 1.29 is 9.53 Å². The first kappa shape index (κ1) is 17.7. The van der Waals surface area contributed by atoms with Crippen LogP contribution in [0.25, 0.3) is 10.8 Å². The molecule has 6 nitrogen and oxygen atoms in total. The van der Waals surface area contributed by atoms with Crippen LogP contribution >= 0.6 is 0 Å². The summed E-state index contributed by atoms with van der Waals surface area (Å²) in [6.07, 6.45) is 1.50. The van der Waals surface area contributed by atoms with E-state index in [1.54, 1.807) is 13.8 Å². The van der Waals surface area contributed by atoms with E-state index in [0.717, 1.165) is 16.5 Å². The molecule has 3 rings (SSSR count). The topological polar surface area (TPSA) is 73.2 Å². The number of hydrogen-bond acceptors (Lipinski definition) is 4. The average Bonchev–Trinajstić information content (AvgIpc) is 2.66. The van der Waals surface area contributed by atoms with Gasteiger partial charge in [-0.2, -0.15) is 0 Å². The van der Waals surface area contributed by atoms with E-state index in [-0.39, 0.29) is 18.1 Å². The predicted molar refractivity (Wildman–Crippen MR) is 100 cm³/mol. The number of nitrogens with zero attached hydrogens (tertiary/aromatic N) is 2. The van der Waals surface area contributed by atoms with Crippen LogP contribution in [0.15, 0.2) is 53.6 Å². The van der Waals surface area contributed by atoms with Crippen molar-refractivity contribution in [2.75, 3.05) is 13.2 Å². The van der Waals surface area contributed by atoms with E-state index in [0.29, 0.717) is 24.4 Å². The van der Waals surface area contributed by atoms with Crippen molar-refractivity contribution >= 4 is 16.7 Å². The van der Waals surface area contributed by atoms with Gasteiger partial charge in [-0.25, -0.2) is 4.98 Å².